The Morgan fingerprint density at radius 3 is 2.70 bits per heavy atom. The summed E-state index contributed by atoms with van der Waals surface area (Å²) in [4.78, 5) is 0. The lowest BCUT2D eigenvalue weighted by atomic mass is 9.74. The smallest absolute Gasteiger partial charge is 0.0832 e. The van der Waals surface area contributed by atoms with Crippen LogP contribution in [0.2, 0.25) is 0 Å². The van der Waals surface area contributed by atoms with Crippen LogP contribution >= 0.6 is 0 Å². The molecule has 0 aliphatic heterocycles. The Hall–Kier alpha value is -0.870. The van der Waals surface area contributed by atoms with E-state index in [-0.39, 0.29) is 11.6 Å². The van der Waals surface area contributed by atoms with Crippen molar-refractivity contribution in [2.24, 2.45) is 11.7 Å². The van der Waals surface area contributed by atoms with E-state index < -0.39 is 0 Å². The fourth-order valence-electron chi connectivity index (χ4n) is 3.43. The van der Waals surface area contributed by atoms with Crippen LogP contribution in [0.15, 0.2) is 6.07 Å². The number of nitrogens with zero attached hydrogens (tertiary/aromatic N) is 2. The van der Waals surface area contributed by atoms with Crippen LogP contribution < -0.4 is 5.73 Å². The second-order valence-electron chi connectivity index (χ2n) is 6.35. The van der Waals surface area contributed by atoms with Gasteiger partial charge in [0.25, 0.3) is 0 Å². The van der Waals surface area contributed by atoms with Gasteiger partial charge in [-0.05, 0) is 51.5 Å². The van der Waals surface area contributed by atoms with E-state index in [1.54, 1.807) is 0 Å². The third kappa shape index (κ3) is 3.07. The summed E-state index contributed by atoms with van der Waals surface area (Å²) < 4.78 is 7.95. The Morgan fingerprint density at radius 1 is 1.50 bits per heavy atom. The van der Waals surface area contributed by atoms with Gasteiger partial charge in [0.15, 0.2) is 0 Å². The van der Waals surface area contributed by atoms with Crippen LogP contribution in [0, 0.1) is 12.8 Å². The molecule has 2 rings (SSSR count). The predicted octanol–water partition coefficient (Wildman–Crippen LogP) is 2.68. The number of aromatic nitrogens is 2. The molecule has 1 heterocycles. The lowest BCUT2D eigenvalue weighted by molar-refractivity contribution is -0.0662. The Bertz CT molecular complexity index is 433. The number of methoxy groups -OCH3 is 1. The third-order valence-corrected chi connectivity index (χ3v) is 4.92. The van der Waals surface area contributed by atoms with Crippen molar-refractivity contribution in [1.82, 2.24) is 9.78 Å². The minimum Gasteiger partial charge on any atom is -0.377 e. The minimum absolute atomic E-state index is 0.0430. The molecule has 1 aromatic heterocycles. The van der Waals surface area contributed by atoms with E-state index in [1.165, 1.54) is 18.5 Å². The van der Waals surface area contributed by atoms with Gasteiger partial charge in [-0.3, -0.25) is 4.68 Å². The first-order valence-corrected chi connectivity index (χ1v) is 7.85. The number of rotatable bonds is 5. The maximum Gasteiger partial charge on any atom is 0.0832 e. The molecule has 2 N–H and O–H groups in total. The van der Waals surface area contributed by atoms with E-state index in [0.29, 0.717) is 0 Å². The highest BCUT2D eigenvalue weighted by molar-refractivity contribution is 5.12. The van der Waals surface area contributed by atoms with Crippen molar-refractivity contribution in [3.63, 3.8) is 0 Å². The first-order valence-electron chi connectivity index (χ1n) is 7.85. The molecular weight excluding hydrogens is 250 g/mol. The van der Waals surface area contributed by atoms with Crippen molar-refractivity contribution >= 4 is 0 Å². The molecule has 1 aliphatic carbocycles. The maximum absolute atomic E-state index is 6.54. The van der Waals surface area contributed by atoms with Crippen LogP contribution in [0.25, 0.3) is 0 Å². The molecule has 0 spiro atoms. The first-order chi connectivity index (χ1) is 9.50. The summed E-state index contributed by atoms with van der Waals surface area (Å²) in [5, 5.41) is 4.51. The van der Waals surface area contributed by atoms with Gasteiger partial charge in [-0.1, -0.05) is 6.92 Å². The summed E-state index contributed by atoms with van der Waals surface area (Å²) in [6.45, 7) is 7.37. The summed E-state index contributed by atoms with van der Waals surface area (Å²) in [5.74, 6) is 0.800. The Balaban J connectivity index is 2.11. The van der Waals surface area contributed by atoms with Gasteiger partial charge >= 0.3 is 0 Å². The molecule has 0 bridgehead atoms. The van der Waals surface area contributed by atoms with Crippen LogP contribution in [0.4, 0.5) is 0 Å². The highest BCUT2D eigenvalue weighted by atomic mass is 16.5. The van der Waals surface area contributed by atoms with Gasteiger partial charge in [-0.2, -0.15) is 5.10 Å². The molecule has 20 heavy (non-hydrogen) atoms. The van der Waals surface area contributed by atoms with E-state index in [4.69, 9.17) is 10.5 Å². The molecule has 1 fully saturated rings. The molecule has 1 saturated carbocycles. The highest BCUT2D eigenvalue weighted by Gasteiger charge is 2.40. The number of ether oxygens (including phenoxy) is 1. The second kappa shape index (κ2) is 6.27. The lowest BCUT2D eigenvalue weighted by Crippen LogP contribution is -2.52. The fraction of sp³-hybridized carbons (Fsp3) is 0.812. The summed E-state index contributed by atoms with van der Waals surface area (Å²) in [6, 6.07) is 2.19. The summed E-state index contributed by atoms with van der Waals surface area (Å²) >= 11 is 0. The van der Waals surface area contributed by atoms with Gasteiger partial charge < -0.3 is 10.5 Å². The Labute approximate surface area is 122 Å². The predicted molar refractivity (Wildman–Crippen MR) is 81.7 cm³/mol. The van der Waals surface area contributed by atoms with Crippen LogP contribution in [0.3, 0.4) is 0 Å². The molecule has 0 radical (unpaired) electrons. The van der Waals surface area contributed by atoms with Crippen molar-refractivity contribution < 1.29 is 4.74 Å². The van der Waals surface area contributed by atoms with Gasteiger partial charge in [0.05, 0.1) is 11.3 Å². The van der Waals surface area contributed by atoms with Crippen LogP contribution in [0.5, 0.6) is 0 Å². The first kappa shape index (κ1) is 15.5. The molecule has 4 nitrogen and oxygen atoms in total. The number of aryl methyl sites for hydroxylation is 2. The van der Waals surface area contributed by atoms with E-state index in [2.05, 4.69) is 29.7 Å². The number of nitrogens with two attached hydrogens (primary N) is 1. The van der Waals surface area contributed by atoms with Gasteiger partial charge in [0.1, 0.15) is 0 Å². The molecule has 1 unspecified atom stereocenters. The minimum atomic E-state index is -0.150. The SMILES string of the molecule is CCn1nc(C)cc1CC(N)C1(OC)CCC(C)CC1. The molecule has 114 valence electrons. The average molecular weight is 279 g/mol. The van der Waals surface area contributed by atoms with Gasteiger partial charge in [0.2, 0.25) is 0 Å². The van der Waals surface area contributed by atoms with E-state index in [0.717, 1.165) is 37.4 Å². The topological polar surface area (TPSA) is 53.1 Å². The standard InChI is InChI=1S/C16H29N3O/c1-5-19-14(10-13(3)18-19)11-15(17)16(20-4)8-6-12(2)7-9-16/h10,12,15H,5-9,11,17H2,1-4H3. The molecule has 4 heteroatoms. The summed E-state index contributed by atoms with van der Waals surface area (Å²) in [5.41, 5.74) is 8.69. The third-order valence-electron chi connectivity index (χ3n) is 4.92. The zero-order valence-corrected chi connectivity index (χ0v) is 13.4. The van der Waals surface area contributed by atoms with Crippen LogP contribution in [0.1, 0.15) is 50.9 Å². The fourth-order valence-corrected chi connectivity index (χ4v) is 3.43. The highest BCUT2D eigenvalue weighted by Crippen LogP contribution is 2.37. The summed E-state index contributed by atoms with van der Waals surface area (Å²) in [7, 11) is 1.82. The van der Waals surface area contributed by atoms with Crippen LogP contribution in [-0.4, -0.2) is 28.5 Å². The molecule has 1 aliphatic rings. The molecular formula is C16H29N3O. The number of hydrogen-bond donors (Lipinski definition) is 1. The molecule has 0 aromatic carbocycles. The van der Waals surface area contributed by atoms with Crippen molar-refractivity contribution in [1.29, 1.82) is 0 Å². The normalized spacial score (nSPS) is 28.6. The van der Waals surface area contributed by atoms with Gasteiger partial charge in [0, 0.05) is 31.8 Å². The molecule has 1 aromatic rings. The number of hydrogen-bond acceptors (Lipinski definition) is 3. The molecule has 0 amide bonds. The van der Waals surface area contributed by atoms with E-state index >= 15 is 0 Å². The second-order valence-corrected chi connectivity index (χ2v) is 6.35. The quantitative estimate of drug-likeness (QED) is 0.901. The van der Waals surface area contributed by atoms with Crippen LogP contribution in [-0.2, 0) is 17.7 Å². The van der Waals surface area contributed by atoms with Gasteiger partial charge in [-0.25, -0.2) is 0 Å². The zero-order valence-electron chi connectivity index (χ0n) is 13.4. The van der Waals surface area contributed by atoms with E-state index in [9.17, 15) is 0 Å². The zero-order chi connectivity index (χ0) is 14.8. The molecule has 1 atom stereocenters. The Morgan fingerprint density at radius 2 is 2.15 bits per heavy atom. The van der Waals surface area contributed by atoms with Crippen molar-refractivity contribution in [2.45, 2.75) is 71.1 Å². The Kier molecular flexibility index (Phi) is 4.86. The molecule has 0 saturated heterocycles. The monoisotopic (exact) mass is 279 g/mol. The van der Waals surface area contributed by atoms with Crippen molar-refractivity contribution in [2.75, 3.05) is 7.11 Å². The largest absolute Gasteiger partial charge is 0.377 e. The van der Waals surface area contributed by atoms with Crippen molar-refractivity contribution in [3.05, 3.63) is 17.5 Å². The lowest BCUT2D eigenvalue weighted by Gasteiger charge is -2.42. The van der Waals surface area contributed by atoms with Crippen molar-refractivity contribution in [3.8, 4) is 0 Å². The average Bonchev–Trinajstić information content (AvgIpc) is 2.80. The van der Waals surface area contributed by atoms with Gasteiger partial charge in [-0.15, -0.1) is 0 Å². The van der Waals surface area contributed by atoms with E-state index in [1.807, 2.05) is 14.0 Å². The maximum atomic E-state index is 6.54. The summed E-state index contributed by atoms with van der Waals surface area (Å²) in [6.07, 6.45) is 5.42.